The molecule has 0 aromatic heterocycles. The van der Waals surface area contributed by atoms with Gasteiger partial charge in [-0.25, -0.2) is 0 Å². The van der Waals surface area contributed by atoms with Crippen LogP contribution in [0.5, 0.6) is 0 Å². The number of anilines is 1. The highest BCUT2D eigenvalue weighted by atomic mass is 14.8. The van der Waals surface area contributed by atoms with Crippen LogP contribution in [-0.2, 0) is 6.54 Å². The monoisotopic (exact) mass is 218 g/mol. The van der Waals surface area contributed by atoms with Crippen LogP contribution < -0.4 is 11.1 Å². The van der Waals surface area contributed by atoms with Crippen LogP contribution in [-0.4, -0.2) is 6.54 Å². The van der Waals surface area contributed by atoms with Crippen LogP contribution in [0.25, 0.3) is 0 Å². The molecule has 1 aromatic carbocycles. The Hall–Kier alpha value is -1.02. The van der Waals surface area contributed by atoms with E-state index in [9.17, 15) is 0 Å². The molecule has 0 radical (unpaired) electrons. The van der Waals surface area contributed by atoms with Crippen molar-refractivity contribution in [3.8, 4) is 0 Å². The van der Waals surface area contributed by atoms with Gasteiger partial charge in [-0.05, 0) is 30.5 Å². The van der Waals surface area contributed by atoms with Crippen LogP contribution in [0.15, 0.2) is 24.3 Å². The molecular weight excluding hydrogens is 196 g/mol. The van der Waals surface area contributed by atoms with Crippen molar-refractivity contribution in [2.24, 2.45) is 5.92 Å². The van der Waals surface area contributed by atoms with E-state index in [1.165, 1.54) is 37.7 Å². The van der Waals surface area contributed by atoms with Gasteiger partial charge in [0.2, 0.25) is 0 Å². The van der Waals surface area contributed by atoms with Crippen molar-refractivity contribution in [3.63, 3.8) is 0 Å². The molecule has 0 unspecified atom stereocenters. The average molecular weight is 218 g/mol. The number of nitrogens with one attached hydrogen (secondary N) is 1. The summed E-state index contributed by atoms with van der Waals surface area (Å²) in [5.41, 5.74) is 8.00. The topological polar surface area (TPSA) is 38.0 Å². The molecule has 1 saturated carbocycles. The Morgan fingerprint density at radius 2 is 1.94 bits per heavy atom. The maximum atomic E-state index is 5.88. The van der Waals surface area contributed by atoms with E-state index in [-0.39, 0.29) is 0 Å². The Kier molecular flexibility index (Phi) is 4.23. The summed E-state index contributed by atoms with van der Waals surface area (Å²) in [7, 11) is 0. The molecule has 1 fully saturated rings. The molecule has 0 spiro atoms. The Morgan fingerprint density at radius 3 is 2.69 bits per heavy atom. The van der Waals surface area contributed by atoms with Gasteiger partial charge in [0.1, 0.15) is 0 Å². The van der Waals surface area contributed by atoms with Gasteiger partial charge in [0.25, 0.3) is 0 Å². The van der Waals surface area contributed by atoms with E-state index in [4.69, 9.17) is 5.73 Å². The molecule has 3 N–H and O–H groups in total. The van der Waals surface area contributed by atoms with E-state index in [0.29, 0.717) is 0 Å². The molecule has 0 aliphatic heterocycles. The van der Waals surface area contributed by atoms with E-state index in [1.54, 1.807) is 0 Å². The van der Waals surface area contributed by atoms with Gasteiger partial charge in [-0.1, -0.05) is 43.9 Å². The van der Waals surface area contributed by atoms with Crippen LogP contribution in [0.3, 0.4) is 0 Å². The molecule has 0 heterocycles. The third-order valence-electron chi connectivity index (χ3n) is 3.57. The Morgan fingerprint density at radius 1 is 1.19 bits per heavy atom. The quantitative estimate of drug-likeness (QED) is 0.589. The first-order chi connectivity index (χ1) is 7.86. The van der Waals surface area contributed by atoms with Gasteiger partial charge >= 0.3 is 0 Å². The molecule has 0 amide bonds. The lowest BCUT2D eigenvalue weighted by Crippen LogP contribution is -2.17. The number of hydrogen-bond acceptors (Lipinski definition) is 2. The summed E-state index contributed by atoms with van der Waals surface area (Å²) < 4.78 is 0. The van der Waals surface area contributed by atoms with Gasteiger partial charge in [-0.3, -0.25) is 0 Å². The van der Waals surface area contributed by atoms with E-state index >= 15 is 0 Å². The lowest BCUT2D eigenvalue weighted by molar-refractivity contribution is 0.477. The summed E-state index contributed by atoms with van der Waals surface area (Å²) in [4.78, 5) is 0. The molecule has 2 rings (SSSR count). The highest BCUT2D eigenvalue weighted by Crippen LogP contribution is 2.26. The first kappa shape index (κ1) is 11.5. The number of rotatable bonds is 5. The molecule has 1 aliphatic carbocycles. The average Bonchev–Trinajstić information content (AvgIpc) is 2.79. The molecular formula is C14H22N2. The van der Waals surface area contributed by atoms with E-state index in [1.807, 2.05) is 18.2 Å². The minimum absolute atomic E-state index is 0.899. The third kappa shape index (κ3) is 3.24. The number of nitrogens with two attached hydrogens (primary N) is 1. The maximum absolute atomic E-state index is 5.88. The maximum Gasteiger partial charge on any atom is 0.0359 e. The van der Waals surface area contributed by atoms with Crippen molar-refractivity contribution in [2.75, 3.05) is 12.3 Å². The van der Waals surface area contributed by atoms with Gasteiger partial charge in [-0.2, -0.15) is 0 Å². The number of benzene rings is 1. The SMILES string of the molecule is Nc1ccccc1CNCCC1CCCC1. The fraction of sp³-hybridized carbons (Fsp3) is 0.571. The second-order valence-corrected chi connectivity index (χ2v) is 4.81. The van der Waals surface area contributed by atoms with Crippen molar-refractivity contribution in [1.82, 2.24) is 5.32 Å². The fourth-order valence-electron chi connectivity index (χ4n) is 2.52. The zero-order chi connectivity index (χ0) is 11.2. The second kappa shape index (κ2) is 5.90. The van der Waals surface area contributed by atoms with E-state index < -0.39 is 0 Å². The van der Waals surface area contributed by atoms with Gasteiger partial charge in [-0.15, -0.1) is 0 Å². The smallest absolute Gasteiger partial charge is 0.0359 e. The zero-order valence-electron chi connectivity index (χ0n) is 9.91. The predicted octanol–water partition coefficient (Wildman–Crippen LogP) is 2.94. The van der Waals surface area contributed by atoms with Gasteiger partial charge in [0.05, 0.1) is 0 Å². The van der Waals surface area contributed by atoms with Crippen molar-refractivity contribution < 1.29 is 0 Å². The van der Waals surface area contributed by atoms with Crippen LogP contribution in [0.1, 0.15) is 37.7 Å². The van der Waals surface area contributed by atoms with E-state index in [2.05, 4.69) is 11.4 Å². The van der Waals surface area contributed by atoms with E-state index in [0.717, 1.165) is 24.7 Å². The Bertz CT molecular complexity index is 316. The standard InChI is InChI=1S/C14H22N2/c15-14-8-4-3-7-13(14)11-16-10-9-12-5-1-2-6-12/h3-4,7-8,12,16H,1-2,5-6,9-11,15H2. The summed E-state index contributed by atoms with van der Waals surface area (Å²) in [6.45, 7) is 2.03. The Labute approximate surface area is 98.2 Å². The van der Waals surface area contributed by atoms with Crippen molar-refractivity contribution in [3.05, 3.63) is 29.8 Å². The highest BCUT2D eigenvalue weighted by Gasteiger charge is 2.13. The van der Waals surface area contributed by atoms with Gasteiger partial charge in [0, 0.05) is 12.2 Å². The van der Waals surface area contributed by atoms with Gasteiger partial charge in [0.15, 0.2) is 0 Å². The molecule has 16 heavy (non-hydrogen) atoms. The number of nitrogen functional groups attached to an aromatic ring is 1. The molecule has 0 bridgehead atoms. The summed E-state index contributed by atoms with van der Waals surface area (Å²) >= 11 is 0. The number of para-hydroxylation sites is 1. The zero-order valence-corrected chi connectivity index (χ0v) is 9.91. The summed E-state index contributed by atoms with van der Waals surface area (Å²) in [6.07, 6.45) is 7.09. The van der Waals surface area contributed by atoms with Crippen LogP contribution in [0, 0.1) is 5.92 Å². The summed E-state index contributed by atoms with van der Waals surface area (Å²) in [6, 6.07) is 8.09. The Balaban J connectivity index is 1.66. The minimum atomic E-state index is 0.899. The van der Waals surface area contributed by atoms with Gasteiger partial charge < -0.3 is 11.1 Å². The molecule has 1 aromatic rings. The van der Waals surface area contributed by atoms with Crippen molar-refractivity contribution >= 4 is 5.69 Å². The predicted molar refractivity (Wildman–Crippen MR) is 69.1 cm³/mol. The lowest BCUT2D eigenvalue weighted by atomic mass is 10.0. The molecule has 0 atom stereocenters. The third-order valence-corrected chi connectivity index (χ3v) is 3.57. The first-order valence-electron chi connectivity index (χ1n) is 6.40. The lowest BCUT2D eigenvalue weighted by Gasteiger charge is -2.10. The molecule has 1 aliphatic rings. The molecule has 2 nitrogen and oxygen atoms in total. The van der Waals surface area contributed by atoms with Crippen molar-refractivity contribution in [2.45, 2.75) is 38.6 Å². The minimum Gasteiger partial charge on any atom is -0.398 e. The van der Waals surface area contributed by atoms with Crippen LogP contribution >= 0.6 is 0 Å². The first-order valence-corrected chi connectivity index (χ1v) is 6.40. The fourth-order valence-corrected chi connectivity index (χ4v) is 2.52. The van der Waals surface area contributed by atoms with Crippen LogP contribution in [0.4, 0.5) is 5.69 Å². The molecule has 88 valence electrons. The number of hydrogen-bond donors (Lipinski definition) is 2. The van der Waals surface area contributed by atoms with Crippen molar-refractivity contribution in [1.29, 1.82) is 0 Å². The molecule has 0 saturated heterocycles. The second-order valence-electron chi connectivity index (χ2n) is 4.81. The highest BCUT2D eigenvalue weighted by molar-refractivity contribution is 5.46. The molecule has 2 heteroatoms. The summed E-state index contributed by atoms with van der Waals surface area (Å²) in [5.74, 6) is 0.973. The largest absolute Gasteiger partial charge is 0.398 e. The van der Waals surface area contributed by atoms with Crippen LogP contribution in [0.2, 0.25) is 0 Å². The summed E-state index contributed by atoms with van der Waals surface area (Å²) in [5, 5.41) is 3.49. The normalized spacial score (nSPS) is 16.8.